The van der Waals surface area contributed by atoms with Gasteiger partial charge >= 0.3 is 11.9 Å². The van der Waals surface area contributed by atoms with Crippen molar-refractivity contribution in [2.45, 2.75) is 6.42 Å². The summed E-state index contributed by atoms with van der Waals surface area (Å²) in [4.78, 5) is 34.2. The van der Waals surface area contributed by atoms with Gasteiger partial charge in [0, 0.05) is 32.4 Å². The minimum absolute atomic E-state index is 0.0485. The second kappa shape index (κ2) is 9.17. The van der Waals surface area contributed by atoms with E-state index in [9.17, 15) is 14.4 Å². The van der Waals surface area contributed by atoms with Gasteiger partial charge in [0.05, 0.1) is 20.1 Å². The van der Waals surface area contributed by atoms with Gasteiger partial charge in [-0.3, -0.25) is 9.59 Å². The van der Waals surface area contributed by atoms with Crippen molar-refractivity contribution in [1.29, 1.82) is 0 Å². The normalized spacial score (nSPS) is 10.3. The number of amides is 1. The van der Waals surface area contributed by atoms with Gasteiger partial charge < -0.3 is 19.5 Å². The number of ether oxygens (including phenoxy) is 2. The lowest BCUT2D eigenvalue weighted by molar-refractivity contribution is -0.141. The number of carboxylic acids is 1. The smallest absolute Gasteiger partial charge is 0.328 e. The first-order valence-corrected chi connectivity index (χ1v) is 5.27. The minimum Gasteiger partial charge on any atom is -0.478 e. The topological polar surface area (TPSA) is 93.1 Å². The Labute approximate surface area is 105 Å². The summed E-state index contributed by atoms with van der Waals surface area (Å²) in [7, 11) is 2.74. The van der Waals surface area contributed by atoms with E-state index in [1.165, 1.54) is 19.1 Å². The third kappa shape index (κ3) is 7.39. The fourth-order valence-corrected chi connectivity index (χ4v) is 1.11. The maximum absolute atomic E-state index is 11.6. The number of nitrogens with zero attached hydrogens (tertiary/aromatic N) is 1. The molecule has 7 nitrogen and oxygen atoms in total. The van der Waals surface area contributed by atoms with Gasteiger partial charge in [0.15, 0.2) is 0 Å². The fourth-order valence-electron chi connectivity index (χ4n) is 1.11. The Balaban J connectivity index is 4.41. The third-order valence-corrected chi connectivity index (χ3v) is 2.06. The average Bonchev–Trinajstić information content (AvgIpc) is 2.35. The molecular formula is C11H17NO6. The highest BCUT2D eigenvalue weighted by atomic mass is 16.5. The molecule has 102 valence electrons. The Morgan fingerprint density at radius 2 is 1.83 bits per heavy atom. The summed E-state index contributed by atoms with van der Waals surface area (Å²) < 4.78 is 9.29. The van der Waals surface area contributed by atoms with Gasteiger partial charge in [0.1, 0.15) is 0 Å². The molecule has 0 aliphatic rings. The second-order valence-electron chi connectivity index (χ2n) is 3.32. The SMILES string of the molecule is COCCN(CCC(=O)OC)C(=O)/C=C/C(=O)O. The molecule has 0 aromatic carbocycles. The Morgan fingerprint density at radius 3 is 2.33 bits per heavy atom. The van der Waals surface area contributed by atoms with Crippen molar-refractivity contribution < 1.29 is 29.0 Å². The van der Waals surface area contributed by atoms with Crippen LogP contribution in [0.5, 0.6) is 0 Å². The van der Waals surface area contributed by atoms with Crippen LogP contribution in [-0.4, -0.2) is 61.8 Å². The fraction of sp³-hybridized carbons (Fsp3) is 0.545. The molecule has 0 unspecified atom stereocenters. The van der Waals surface area contributed by atoms with E-state index in [1.807, 2.05) is 0 Å². The summed E-state index contributed by atoms with van der Waals surface area (Å²) in [5, 5.41) is 8.42. The van der Waals surface area contributed by atoms with Crippen molar-refractivity contribution >= 4 is 17.8 Å². The van der Waals surface area contributed by atoms with Crippen LogP contribution in [0.15, 0.2) is 12.2 Å². The van der Waals surface area contributed by atoms with Gasteiger partial charge in [0.2, 0.25) is 5.91 Å². The maximum atomic E-state index is 11.6. The maximum Gasteiger partial charge on any atom is 0.328 e. The molecule has 1 amide bonds. The lowest BCUT2D eigenvalue weighted by atomic mass is 10.3. The van der Waals surface area contributed by atoms with E-state index in [0.29, 0.717) is 6.61 Å². The van der Waals surface area contributed by atoms with E-state index in [-0.39, 0.29) is 19.5 Å². The molecule has 0 radical (unpaired) electrons. The van der Waals surface area contributed by atoms with Crippen LogP contribution in [0, 0.1) is 0 Å². The lowest BCUT2D eigenvalue weighted by Crippen LogP contribution is -2.34. The molecule has 0 bridgehead atoms. The Kier molecular flexibility index (Phi) is 8.21. The molecule has 0 saturated carbocycles. The molecule has 18 heavy (non-hydrogen) atoms. The van der Waals surface area contributed by atoms with Crippen LogP contribution in [0.4, 0.5) is 0 Å². The lowest BCUT2D eigenvalue weighted by Gasteiger charge is -2.20. The third-order valence-electron chi connectivity index (χ3n) is 2.06. The first-order chi connectivity index (χ1) is 8.51. The molecule has 0 aliphatic carbocycles. The number of carbonyl (C=O) groups is 3. The zero-order valence-electron chi connectivity index (χ0n) is 10.4. The number of rotatable bonds is 8. The average molecular weight is 259 g/mol. The van der Waals surface area contributed by atoms with Gasteiger partial charge in [0.25, 0.3) is 0 Å². The number of methoxy groups -OCH3 is 2. The number of hydrogen-bond acceptors (Lipinski definition) is 5. The molecule has 0 rings (SSSR count). The Bertz CT molecular complexity index is 325. The summed E-state index contributed by atoms with van der Waals surface area (Å²) in [6, 6.07) is 0. The standard InChI is InChI=1S/C11H17NO6/c1-17-8-7-12(6-5-11(16)18-2)9(13)3-4-10(14)15/h3-4H,5-8H2,1-2H3,(H,14,15)/b4-3+. The van der Waals surface area contributed by atoms with Crippen LogP contribution in [-0.2, 0) is 23.9 Å². The van der Waals surface area contributed by atoms with Gasteiger partial charge in [-0.25, -0.2) is 4.79 Å². The molecule has 0 aromatic rings. The zero-order chi connectivity index (χ0) is 14.0. The van der Waals surface area contributed by atoms with E-state index in [0.717, 1.165) is 12.2 Å². The molecule has 0 atom stereocenters. The molecule has 7 heteroatoms. The quantitative estimate of drug-likeness (QED) is 0.473. The van der Waals surface area contributed by atoms with Crippen molar-refractivity contribution in [2.24, 2.45) is 0 Å². The van der Waals surface area contributed by atoms with Crippen LogP contribution in [0.3, 0.4) is 0 Å². The van der Waals surface area contributed by atoms with Crippen molar-refractivity contribution in [3.63, 3.8) is 0 Å². The van der Waals surface area contributed by atoms with E-state index >= 15 is 0 Å². The molecule has 0 saturated heterocycles. The highest BCUT2D eigenvalue weighted by molar-refractivity contribution is 5.94. The second-order valence-corrected chi connectivity index (χ2v) is 3.32. The molecule has 0 spiro atoms. The number of carbonyl (C=O) groups excluding carboxylic acids is 2. The van der Waals surface area contributed by atoms with Crippen LogP contribution in [0.25, 0.3) is 0 Å². The highest BCUT2D eigenvalue weighted by Crippen LogP contribution is 1.96. The predicted molar refractivity (Wildman–Crippen MR) is 61.9 cm³/mol. The predicted octanol–water partition coefficient (Wildman–Crippen LogP) is -0.335. The molecule has 1 N–H and O–H groups in total. The van der Waals surface area contributed by atoms with Crippen LogP contribution >= 0.6 is 0 Å². The van der Waals surface area contributed by atoms with E-state index in [4.69, 9.17) is 9.84 Å². The van der Waals surface area contributed by atoms with Gasteiger partial charge in [-0.05, 0) is 0 Å². The molecule has 0 aromatic heterocycles. The van der Waals surface area contributed by atoms with Crippen molar-refractivity contribution in [3.8, 4) is 0 Å². The number of hydrogen-bond donors (Lipinski definition) is 1. The molecule has 0 aliphatic heterocycles. The summed E-state index contributed by atoms with van der Waals surface area (Å²) in [5.74, 6) is -2.13. The summed E-state index contributed by atoms with van der Waals surface area (Å²) >= 11 is 0. The van der Waals surface area contributed by atoms with Gasteiger partial charge in [-0.1, -0.05) is 0 Å². The van der Waals surface area contributed by atoms with Crippen LogP contribution < -0.4 is 0 Å². The summed E-state index contributed by atoms with van der Waals surface area (Å²) in [6.45, 7) is 0.725. The first kappa shape index (κ1) is 16.1. The number of carboxylic acid groups (broad SMARTS) is 1. The molecule has 0 heterocycles. The van der Waals surface area contributed by atoms with Crippen LogP contribution in [0.1, 0.15) is 6.42 Å². The molecule has 0 fully saturated rings. The van der Waals surface area contributed by atoms with Crippen molar-refractivity contribution in [3.05, 3.63) is 12.2 Å². The van der Waals surface area contributed by atoms with Crippen molar-refractivity contribution in [2.75, 3.05) is 33.9 Å². The Morgan fingerprint density at radius 1 is 1.17 bits per heavy atom. The minimum atomic E-state index is -1.21. The largest absolute Gasteiger partial charge is 0.478 e. The van der Waals surface area contributed by atoms with E-state index in [2.05, 4.69) is 4.74 Å². The molecular weight excluding hydrogens is 242 g/mol. The highest BCUT2D eigenvalue weighted by Gasteiger charge is 2.12. The summed E-state index contributed by atoms with van der Waals surface area (Å²) in [5.41, 5.74) is 0. The summed E-state index contributed by atoms with van der Waals surface area (Å²) in [6.07, 6.45) is 1.74. The van der Waals surface area contributed by atoms with Crippen LogP contribution in [0.2, 0.25) is 0 Å². The zero-order valence-corrected chi connectivity index (χ0v) is 10.4. The first-order valence-electron chi connectivity index (χ1n) is 5.27. The Hall–Kier alpha value is -1.89. The van der Waals surface area contributed by atoms with Gasteiger partial charge in [-0.2, -0.15) is 0 Å². The monoisotopic (exact) mass is 259 g/mol. The van der Waals surface area contributed by atoms with E-state index < -0.39 is 17.8 Å². The van der Waals surface area contributed by atoms with Crippen molar-refractivity contribution in [1.82, 2.24) is 4.90 Å². The van der Waals surface area contributed by atoms with E-state index in [1.54, 1.807) is 0 Å². The number of esters is 1. The number of aliphatic carboxylic acids is 1. The van der Waals surface area contributed by atoms with Gasteiger partial charge in [-0.15, -0.1) is 0 Å².